The van der Waals surface area contributed by atoms with Crippen LogP contribution in [0.1, 0.15) is 50.2 Å². The molecule has 0 aromatic heterocycles. The number of ether oxygens (including phenoxy) is 1. The van der Waals surface area contributed by atoms with Crippen molar-refractivity contribution in [3.05, 3.63) is 29.3 Å². The van der Waals surface area contributed by atoms with E-state index in [-0.39, 0.29) is 0 Å². The van der Waals surface area contributed by atoms with Crippen LogP contribution >= 0.6 is 0 Å². The first-order valence-electron chi connectivity index (χ1n) is 6.04. The molecule has 0 amide bonds. The van der Waals surface area contributed by atoms with Crippen molar-refractivity contribution in [1.29, 1.82) is 5.41 Å². The molecular formula is C14H19NO. The predicted molar refractivity (Wildman–Crippen MR) is 66.7 cm³/mol. The van der Waals surface area contributed by atoms with E-state index in [0.717, 1.165) is 30.3 Å². The second kappa shape index (κ2) is 4.69. The normalized spacial score (nSPS) is 14.9. The van der Waals surface area contributed by atoms with Crippen molar-refractivity contribution in [2.24, 2.45) is 0 Å². The van der Waals surface area contributed by atoms with Crippen LogP contribution in [0.5, 0.6) is 5.75 Å². The molecule has 0 saturated heterocycles. The lowest BCUT2D eigenvalue weighted by molar-refractivity contribution is 0.317. The Labute approximate surface area is 97.1 Å². The van der Waals surface area contributed by atoms with Crippen molar-refractivity contribution in [2.75, 3.05) is 6.61 Å². The van der Waals surface area contributed by atoms with Crippen LogP contribution in [0, 0.1) is 5.41 Å². The van der Waals surface area contributed by atoms with Crippen LogP contribution in [0.2, 0.25) is 0 Å². The van der Waals surface area contributed by atoms with Crippen LogP contribution < -0.4 is 4.74 Å². The van der Waals surface area contributed by atoms with E-state index in [4.69, 9.17) is 10.1 Å². The van der Waals surface area contributed by atoms with Gasteiger partial charge in [0.1, 0.15) is 5.75 Å². The third-order valence-corrected chi connectivity index (χ3v) is 2.92. The van der Waals surface area contributed by atoms with E-state index in [9.17, 15) is 0 Å². The summed E-state index contributed by atoms with van der Waals surface area (Å²) in [5.74, 6) is 1.59. The minimum atomic E-state index is 0.591. The molecule has 0 atom stereocenters. The van der Waals surface area contributed by atoms with Gasteiger partial charge in [-0.15, -0.1) is 0 Å². The molecule has 0 radical (unpaired) electrons. The largest absolute Gasteiger partial charge is 0.493 e. The van der Waals surface area contributed by atoms with Gasteiger partial charge in [-0.1, -0.05) is 13.0 Å². The zero-order valence-electron chi connectivity index (χ0n) is 10.0. The highest BCUT2D eigenvalue weighted by Crippen LogP contribution is 2.41. The lowest BCUT2D eigenvalue weighted by atomic mass is 10.0. The van der Waals surface area contributed by atoms with E-state index in [1.165, 1.54) is 18.4 Å². The maximum atomic E-state index is 7.79. The highest BCUT2D eigenvalue weighted by Gasteiger charge is 2.24. The van der Waals surface area contributed by atoms with Crippen molar-refractivity contribution in [3.8, 4) is 5.75 Å². The molecule has 0 bridgehead atoms. The lowest BCUT2D eigenvalue weighted by Gasteiger charge is -2.11. The Hall–Kier alpha value is -1.31. The molecular weight excluding hydrogens is 198 g/mol. The monoisotopic (exact) mass is 217 g/mol. The number of nitrogens with one attached hydrogen (secondary N) is 1. The van der Waals surface area contributed by atoms with Crippen LogP contribution in [0.3, 0.4) is 0 Å². The topological polar surface area (TPSA) is 33.1 Å². The average Bonchev–Trinajstić information content (AvgIpc) is 3.09. The molecule has 1 fully saturated rings. The Morgan fingerprint density at radius 2 is 2.19 bits per heavy atom. The summed E-state index contributed by atoms with van der Waals surface area (Å²) in [5.41, 5.74) is 2.91. The van der Waals surface area contributed by atoms with Crippen LogP contribution in [-0.4, -0.2) is 12.3 Å². The molecule has 1 aliphatic carbocycles. The summed E-state index contributed by atoms with van der Waals surface area (Å²) in [4.78, 5) is 0. The second-order valence-corrected chi connectivity index (χ2v) is 4.50. The summed E-state index contributed by atoms with van der Waals surface area (Å²) in [6, 6.07) is 6.30. The molecule has 0 unspecified atom stereocenters. The summed E-state index contributed by atoms with van der Waals surface area (Å²) < 4.78 is 5.66. The van der Waals surface area contributed by atoms with Gasteiger partial charge in [-0.3, -0.25) is 0 Å². The zero-order valence-corrected chi connectivity index (χ0v) is 10.0. The average molecular weight is 217 g/mol. The highest BCUT2D eigenvalue weighted by molar-refractivity contribution is 5.99. The van der Waals surface area contributed by atoms with Crippen LogP contribution in [0.15, 0.2) is 18.2 Å². The molecule has 1 aromatic rings. The first-order chi connectivity index (χ1) is 7.72. The minimum absolute atomic E-state index is 0.591. The standard InChI is InChI=1S/C14H19NO/c1-3-8-16-14-7-6-12(11-4-5-11)9-13(14)10(2)15/h6-7,9,11,15H,3-5,8H2,1-2H3. The Morgan fingerprint density at radius 1 is 1.44 bits per heavy atom. The van der Waals surface area contributed by atoms with Gasteiger partial charge in [-0.25, -0.2) is 0 Å². The molecule has 16 heavy (non-hydrogen) atoms. The van der Waals surface area contributed by atoms with Crippen LogP contribution in [0.4, 0.5) is 0 Å². The van der Waals surface area contributed by atoms with E-state index >= 15 is 0 Å². The van der Waals surface area contributed by atoms with Crippen molar-refractivity contribution in [1.82, 2.24) is 0 Å². The van der Waals surface area contributed by atoms with Gasteiger partial charge in [-0.2, -0.15) is 0 Å². The van der Waals surface area contributed by atoms with Gasteiger partial charge in [0.25, 0.3) is 0 Å². The molecule has 2 rings (SSSR count). The third-order valence-electron chi connectivity index (χ3n) is 2.92. The molecule has 2 heteroatoms. The molecule has 1 aromatic carbocycles. The van der Waals surface area contributed by atoms with Gasteiger partial charge in [0.2, 0.25) is 0 Å². The van der Waals surface area contributed by atoms with Gasteiger partial charge < -0.3 is 10.1 Å². The van der Waals surface area contributed by atoms with E-state index in [1.807, 2.05) is 13.0 Å². The SMILES string of the molecule is CCCOc1ccc(C2CC2)cc1C(C)=N. The summed E-state index contributed by atoms with van der Waals surface area (Å²) in [6.45, 7) is 4.64. The van der Waals surface area contributed by atoms with Gasteiger partial charge >= 0.3 is 0 Å². The highest BCUT2D eigenvalue weighted by atomic mass is 16.5. The molecule has 1 aliphatic rings. The Morgan fingerprint density at radius 3 is 2.75 bits per heavy atom. The summed E-state index contributed by atoms with van der Waals surface area (Å²) in [7, 11) is 0. The molecule has 1 N–H and O–H groups in total. The predicted octanol–water partition coefficient (Wildman–Crippen LogP) is 3.74. The Kier molecular flexibility index (Phi) is 3.28. The Bertz CT molecular complexity index is 394. The summed E-state index contributed by atoms with van der Waals surface area (Å²) >= 11 is 0. The summed E-state index contributed by atoms with van der Waals surface area (Å²) in [5, 5.41) is 7.79. The first kappa shape index (κ1) is 11.2. The lowest BCUT2D eigenvalue weighted by Crippen LogP contribution is -2.02. The van der Waals surface area contributed by atoms with Gasteiger partial charge in [0.05, 0.1) is 6.61 Å². The number of rotatable bonds is 5. The fourth-order valence-corrected chi connectivity index (χ4v) is 1.85. The quantitative estimate of drug-likeness (QED) is 0.749. The van der Waals surface area contributed by atoms with Crippen LogP contribution in [-0.2, 0) is 0 Å². The second-order valence-electron chi connectivity index (χ2n) is 4.50. The van der Waals surface area contributed by atoms with Gasteiger partial charge in [0.15, 0.2) is 0 Å². The Balaban J connectivity index is 2.25. The van der Waals surface area contributed by atoms with Gasteiger partial charge in [-0.05, 0) is 49.8 Å². The molecule has 0 aliphatic heterocycles. The van der Waals surface area contributed by atoms with Gasteiger partial charge in [0, 0.05) is 11.3 Å². The van der Waals surface area contributed by atoms with E-state index < -0.39 is 0 Å². The minimum Gasteiger partial charge on any atom is -0.493 e. The molecule has 0 heterocycles. The number of benzene rings is 1. The van der Waals surface area contributed by atoms with Crippen molar-refractivity contribution in [3.63, 3.8) is 0 Å². The van der Waals surface area contributed by atoms with E-state index in [0.29, 0.717) is 5.71 Å². The van der Waals surface area contributed by atoms with Crippen molar-refractivity contribution < 1.29 is 4.74 Å². The first-order valence-corrected chi connectivity index (χ1v) is 6.04. The van der Waals surface area contributed by atoms with Crippen LogP contribution in [0.25, 0.3) is 0 Å². The maximum absolute atomic E-state index is 7.79. The molecule has 0 spiro atoms. The van der Waals surface area contributed by atoms with E-state index in [1.54, 1.807) is 0 Å². The number of hydrogen-bond donors (Lipinski definition) is 1. The summed E-state index contributed by atoms with van der Waals surface area (Å²) in [6.07, 6.45) is 3.60. The molecule has 86 valence electrons. The molecule has 1 saturated carbocycles. The zero-order chi connectivity index (χ0) is 11.5. The van der Waals surface area contributed by atoms with Crippen molar-refractivity contribution >= 4 is 5.71 Å². The molecule has 2 nitrogen and oxygen atoms in total. The fourth-order valence-electron chi connectivity index (χ4n) is 1.85. The number of hydrogen-bond acceptors (Lipinski definition) is 2. The van der Waals surface area contributed by atoms with E-state index in [2.05, 4.69) is 19.1 Å². The maximum Gasteiger partial charge on any atom is 0.128 e. The third kappa shape index (κ3) is 2.43. The fraction of sp³-hybridized carbons (Fsp3) is 0.500. The van der Waals surface area contributed by atoms with Crippen molar-refractivity contribution in [2.45, 2.75) is 39.0 Å². The smallest absolute Gasteiger partial charge is 0.128 e.